The zero-order valence-corrected chi connectivity index (χ0v) is 16.0. The maximum atomic E-state index is 12.3. The number of amides is 1. The monoisotopic (exact) mass is 368 g/mol. The number of esters is 1. The van der Waals surface area contributed by atoms with Crippen LogP contribution in [0.15, 0.2) is 29.6 Å². The number of hydrazone groups is 1. The molecule has 0 atom stereocenters. The van der Waals surface area contributed by atoms with Crippen molar-refractivity contribution in [2.75, 3.05) is 6.61 Å². The van der Waals surface area contributed by atoms with E-state index in [4.69, 9.17) is 4.74 Å². The van der Waals surface area contributed by atoms with E-state index in [0.29, 0.717) is 24.3 Å². The van der Waals surface area contributed by atoms with Crippen LogP contribution in [0.25, 0.3) is 0 Å². The van der Waals surface area contributed by atoms with E-state index in [9.17, 15) is 9.59 Å². The van der Waals surface area contributed by atoms with E-state index in [1.165, 1.54) is 6.20 Å². The van der Waals surface area contributed by atoms with Crippen LogP contribution in [-0.4, -0.2) is 34.2 Å². The predicted molar refractivity (Wildman–Crippen MR) is 102 cm³/mol. The first-order chi connectivity index (χ1) is 12.8. The summed E-state index contributed by atoms with van der Waals surface area (Å²) < 4.78 is 5.14. The third-order valence-electron chi connectivity index (χ3n) is 4.61. The Morgan fingerprint density at radius 2 is 2.15 bits per heavy atom. The third kappa shape index (κ3) is 3.92. The van der Waals surface area contributed by atoms with Crippen molar-refractivity contribution in [3.8, 4) is 0 Å². The fraction of sp³-hybridized carbons (Fsp3) is 0.400. The van der Waals surface area contributed by atoms with Crippen molar-refractivity contribution < 1.29 is 14.3 Å². The van der Waals surface area contributed by atoms with Crippen molar-refractivity contribution in [2.24, 2.45) is 10.5 Å². The number of ether oxygens (including phenoxy) is 1. The third-order valence-corrected chi connectivity index (χ3v) is 4.61. The standard InChI is InChI=1S/C20H24N4O3/c1-5-27-19(26)17-12(2)16-14(22-17)9-20(3,4)10-15(16)23-24-18(25)13-7-6-8-21-11-13/h6-8,11,22H,5,9-10H2,1-4H3,(H,24,25)/b23-15-. The summed E-state index contributed by atoms with van der Waals surface area (Å²) in [7, 11) is 0. The van der Waals surface area contributed by atoms with Gasteiger partial charge in [0.15, 0.2) is 0 Å². The normalized spacial score (nSPS) is 16.7. The van der Waals surface area contributed by atoms with Gasteiger partial charge in [0.05, 0.1) is 17.9 Å². The fourth-order valence-electron chi connectivity index (χ4n) is 3.45. The molecule has 2 N–H and O–H groups in total. The average Bonchev–Trinajstić information content (AvgIpc) is 2.95. The smallest absolute Gasteiger partial charge is 0.355 e. The number of carbonyl (C=O) groups is 2. The second-order valence-corrected chi connectivity index (χ2v) is 7.46. The lowest BCUT2D eigenvalue weighted by atomic mass is 9.75. The largest absolute Gasteiger partial charge is 0.461 e. The lowest BCUT2D eigenvalue weighted by molar-refractivity contribution is 0.0519. The lowest BCUT2D eigenvalue weighted by Gasteiger charge is -2.30. The summed E-state index contributed by atoms with van der Waals surface area (Å²) in [6.07, 6.45) is 4.58. The van der Waals surface area contributed by atoms with E-state index in [2.05, 4.69) is 34.3 Å². The zero-order chi connectivity index (χ0) is 19.6. The maximum Gasteiger partial charge on any atom is 0.355 e. The Morgan fingerprint density at radius 3 is 2.81 bits per heavy atom. The minimum atomic E-state index is -0.374. The first-order valence-corrected chi connectivity index (χ1v) is 8.98. The Kier molecular flexibility index (Phi) is 5.12. The molecule has 142 valence electrons. The van der Waals surface area contributed by atoms with Gasteiger partial charge in [0.1, 0.15) is 5.69 Å². The van der Waals surface area contributed by atoms with E-state index >= 15 is 0 Å². The van der Waals surface area contributed by atoms with Crippen LogP contribution in [0.3, 0.4) is 0 Å². The number of hydrogen-bond acceptors (Lipinski definition) is 5. The highest BCUT2D eigenvalue weighted by molar-refractivity contribution is 6.07. The minimum absolute atomic E-state index is 0.0475. The van der Waals surface area contributed by atoms with Crippen LogP contribution in [0.5, 0.6) is 0 Å². The van der Waals surface area contributed by atoms with Gasteiger partial charge in [-0.25, -0.2) is 10.2 Å². The highest BCUT2D eigenvalue weighted by atomic mass is 16.5. The lowest BCUT2D eigenvalue weighted by Crippen LogP contribution is -2.30. The molecule has 1 aliphatic carbocycles. The van der Waals surface area contributed by atoms with Crippen molar-refractivity contribution in [3.05, 3.63) is 52.6 Å². The predicted octanol–water partition coefficient (Wildman–Crippen LogP) is 3.00. The quantitative estimate of drug-likeness (QED) is 0.640. The molecule has 0 aromatic carbocycles. The molecule has 2 aromatic rings. The molecule has 7 heteroatoms. The highest BCUT2D eigenvalue weighted by Gasteiger charge is 2.34. The number of carbonyl (C=O) groups excluding carboxylic acids is 2. The van der Waals surface area contributed by atoms with Crippen LogP contribution < -0.4 is 5.43 Å². The van der Waals surface area contributed by atoms with Gasteiger partial charge in [0.25, 0.3) is 5.91 Å². The Bertz CT molecular complexity index is 897. The van der Waals surface area contributed by atoms with E-state index < -0.39 is 0 Å². The molecule has 0 spiro atoms. The summed E-state index contributed by atoms with van der Waals surface area (Å²) in [4.78, 5) is 31.7. The number of aromatic amines is 1. The highest BCUT2D eigenvalue weighted by Crippen LogP contribution is 2.37. The van der Waals surface area contributed by atoms with Gasteiger partial charge in [-0.15, -0.1) is 0 Å². The average molecular weight is 368 g/mol. The van der Waals surface area contributed by atoms with E-state index in [-0.39, 0.29) is 17.3 Å². The number of pyridine rings is 1. The molecule has 0 saturated heterocycles. The Hall–Kier alpha value is -2.96. The Labute approximate surface area is 158 Å². The van der Waals surface area contributed by atoms with Crippen LogP contribution >= 0.6 is 0 Å². The van der Waals surface area contributed by atoms with Gasteiger partial charge in [-0.05, 0) is 49.8 Å². The maximum absolute atomic E-state index is 12.3. The van der Waals surface area contributed by atoms with Crippen molar-refractivity contribution in [3.63, 3.8) is 0 Å². The molecular formula is C20H24N4O3. The molecule has 0 bridgehead atoms. The van der Waals surface area contributed by atoms with Crippen LogP contribution in [0.4, 0.5) is 0 Å². The molecule has 1 amide bonds. The molecule has 0 fully saturated rings. The van der Waals surface area contributed by atoms with Crippen LogP contribution in [0, 0.1) is 12.3 Å². The summed E-state index contributed by atoms with van der Waals surface area (Å²) in [6.45, 7) is 8.23. The number of nitrogens with one attached hydrogen (secondary N) is 2. The second-order valence-electron chi connectivity index (χ2n) is 7.46. The van der Waals surface area contributed by atoms with Crippen LogP contribution in [0.2, 0.25) is 0 Å². The molecule has 7 nitrogen and oxygen atoms in total. The van der Waals surface area contributed by atoms with E-state index in [1.807, 2.05) is 6.92 Å². The van der Waals surface area contributed by atoms with Crippen LogP contribution in [0.1, 0.15) is 64.9 Å². The first-order valence-electron chi connectivity index (χ1n) is 8.98. The van der Waals surface area contributed by atoms with E-state index in [1.54, 1.807) is 25.3 Å². The summed E-state index contributed by atoms with van der Waals surface area (Å²) in [6, 6.07) is 3.38. The number of H-pyrrole nitrogens is 1. The molecule has 2 heterocycles. The van der Waals surface area contributed by atoms with Gasteiger partial charge in [-0.2, -0.15) is 5.10 Å². The number of hydrogen-bond donors (Lipinski definition) is 2. The molecule has 1 aliphatic rings. The molecule has 0 radical (unpaired) electrons. The van der Waals surface area contributed by atoms with Gasteiger partial charge >= 0.3 is 5.97 Å². The zero-order valence-electron chi connectivity index (χ0n) is 16.0. The van der Waals surface area contributed by atoms with Gasteiger partial charge in [0, 0.05) is 23.7 Å². The first kappa shape index (κ1) is 18.8. The Balaban J connectivity index is 1.95. The fourth-order valence-corrected chi connectivity index (χ4v) is 3.45. The van der Waals surface area contributed by atoms with E-state index in [0.717, 1.165) is 29.0 Å². The summed E-state index contributed by atoms with van der Waals surface area (Å²) in [5.41, 5.74) is 6.85. The van der Waals surface area contributed by atoms with Crippen molar-refractivity contribution in [1.82, 2.24) is 15.4 Å². The molecule has 3 rings (SSSR count). The molecule has 27 heavy (non-hydrogen) atoms. The van der Waals surface area contributed by atoms with Gasteiger partial charge in [-0.3, -0.25) is 9.78 Å². The van der Waals surface area contributed by atoms with Gasteiger partial charge < -0.3 is 9.72 Å². The Morgan fingerprint density at radius 1 is 1.37 bits per heavy atom. The number of rotatable bonds is 4. The summed E-state index contributed by atoms with van der Waals surface area (Å²) in [5, 5.41) is 4.39. The summed E-state index contributed by atoms with van der Waals surface area (Å²) in [5.74, 6) is -0.694. The molecule has 0 aliphatic heterocycles. The van der Waals surface area contributed by atoms with Crippen molar-refractivity contribution in [1.29, 1.82) is 0 Å². The molecular weight excluding hydrogens is 344 g/mol. The van der Waals surface area contributed by atoms with Gasteiger partial charge in [0.2, 0.25) is 0 Å². The number of fused-ring (bicyclic) bond motifs is 1. The minimum Gasteiger partial charge on any atom is -0.461 e. The topological polar surface area (TPSA) is 96.4 Å². The van der Waals surface area contributed by atoms with Gasteiger partial charge in [-0.1, -0.05) is 13.8 Å². The number of aromatic nitrogens is 2. The van der Waals surface area contributed by atoms with Crippen LogP contribution in [-0.2, 0) is 11.2 Å². The molecule has 2 aromatic heterocycles. The second kappa shape index (κ2) is 7.34. The number of nitrogens with zero attached hydrogens (tertiary/aromatic N) is 2. The SMILES string of the molecule is CCOC(=O)c1[nH]c2c(c1C)/C(=N\NC(=O)c1cccnc1)CC(C)(C)C2. The van der Waals surface area contributed by atoms with Crippen molar-refractivity contribution >= 4 is 17.6 Å². The van der Waals surface area contributed by atoms with Crippen molar-refractivity contribution in [2.45, 2.75) is 40.5 Å². The summed E-state index contributed by atoms with van der Waals surface area (Å²) >= 11 is 0. The molecule has 0 unspecified atom stereocenters. The molecule has 0 saturated carbocycles.